The number of hydrogen-bond acceptors (Lipinski definition) is 3. The van der Waals surface area contributed by atoms with E-state index < -0.39 is 5.97 Å². The van der Waals surface area contributed by atoms with Crippen molar-refractivity contribution in [1.29, 1.82) is 0 Å². The van der Waals surface area contributed by atoms with Crippen molar-refractivity contribution in [2.75, 3.05) is 0 Å². The van der Waals surface area contributed by atoms with Crippen LogP contribution in [-0.2, 0) is 0 Å². The number of nitrogens with zero attached hydrogens (tertiary/aromatic N) is 2. The largest absolute Gasteiger partial charge is 0.478 e. The molecule has 106 valence electrons. The lowest BCUT2D eigenvalue weighted by Gasteiger charge is -2.04. The van der Waals surface area contributed by atoms with Gasteiger partial charge in [-0.15, -0.1) is 11.3 Å². The molecule has 0 fully saturated rings. The molecule has 2 heterocycles. The quantitative estimate of drug-likeness (QED) is 0.797. The second kappa shape index (κ2) is 5.18. The first-order valence-corrected chi connectivity index (χ1v) is 7.38. The molecule has 21 heavy (non-hydrogen) atoms. The summed E-state index contributed by atoms with van der Waals surface area (Å²) in [7, 11) is 0. The molecule has 0 amide bonds. The number of aromatic carboxylic acids is 1. The smallest absolute Gasteiger partial charge is 0.339 e. The number of benzene rings is 1. The van der Waals surface area contributed by atoms with Crippen LogP contribution in [0.3, 0.4) is 0 Å². The van der Waals surface area contributed by atoms with Gasteiger partial charge >= 0.3 is 5.97 Å². The summed E-state index contributed by atoms with van der Waals surface area (Å²) in [6.07, 6.45) is 1.58. The lowest BCUT2D eigenvalue weighted by atomic mass is 10.1. The minimum absolute atomic E-state index is 0.219. The summed E-state index contributed by atoms with van der Waals surface area (Å²) < 4.78 is 1.64. The zero-order valence-corrected chi connectivity index (χ0v) is 12.5. The van der Waals surface area contributed by atoms with E-state index in [4.69, 9.17) is 0 Å². The molecule has 3 rings (SSSR count). The molecule has 0 atom stereocenters. The number of thiophene rings is 1. The van der Waals surface area contributed by atoms with Crippen LogP contribution in [0, 0.1) is 13.8 Å². The summed E-state index contributed by atoms with van der Waals surface area (Å²) in [5.74, 6) is -0.964. The van der Waals surface area contributed by atoms with E-state index in [9.17, 15) is 9.90 Å². The highest BCUT2D eigenvalue weighted by Crippen LogP contribution is 2.28. The van der Waals surface area contributed by atoms with Crippen LogP contribution in [0.4, 0.5) is 0 Å². The van der Waals surface area contributed by atoms with Crippen molar-refractivity contribution in [3.8, 4) is 16.3 Å². The first-order valence-electron chi connectivity index (χ1n) is 6.50. The van der Waals surface area contributed by atoms with Crippen LogP contribution in [0.1, 0.15) is 21.5 Å². The lowest BCUT2D eigenvalue weighted by molar-refractivity contribution is 0.0697. The third-order valence-electron chi connectivity index (χ3n) is 3.17. The monoisotopic (exact) mass is 298 g/mol. The van der Waals surface area contributed by atoms with Gasteiger partial charge in [-0.05, 0) is 48.6 Å². The summed E-state index contributed by atoms with van der Waals surface area (Å²) in [4.78, 5) is 12.3. The minimum Gasteiger partial charge on any atom is -0.478 e. The maximum atomic E-state index is 11.4. The fourth-order valence-corrected chi connectivity index (χ4v) is 3.06. The van der Waals surface area contributed by atoms with Gasteiger partial charge in [0.15, 0.2) is 0 Å². The highest BCUT2D eigenvalue weighted by molar-refractivity contribution is 7.13. The van der Waals surface area contributed by atoms with Crippen molar-refractivity contribution in [1.82, 2.24) is 9.78 Å². The molecule has 4 nitrogen and oxygen atoms in total. The molecule has 0 aliphatic carbocycles. The predicted molar refractivity (Wildman–Crippen MR) is 83.3 cm³/mol. The highest BCUT2D eigenvalue weighted by atomic mass is 32.1. The van der Waals surface area contributed by atoms with Gasteiger partial charge in [0.2, 0.25) is 0 Å². The van der Waals surface area contributed by atoms with Crippen LogP contribution >= 0.6 is 11.3 Å². The van der Waals surface area contributed by atoms with Crippen molar-refractivity contribution in [3.63, 3.8) is 0 Å². The Morgan fingerprint density at radius 2 is 1.95 bits per heavy atom. The normalized spacial score (nSPS) is 10.8. The first kappa shape index (κ1) is 13.6. The second-order valence-electron chi connectivity index (χ2n) is 4.96. The van der Waals surface area contributed by atoms with Crippen LogP contribution in [0.5, 0.6) is 0 Å². The van der Waals surface area contributed by atoms with Gasteiger partial charge in [-0.25, -0.2) is 9.48 Å². The Morgan fingerprint density at radius 3 is 2.52 bits per heavy atom. The zero-order chi connectivity index (χ0) is 15.0. The summed E-state index contributed by atoms with van der Waals surface area (Å²) in [5.41, 5.74) is 3.84. The maximum absolute atomic E-state index is 11.4. The van der Waals surface area contributed by atoms with E-state index in [2.05, 4.69) is 11.2 Å². The highest BCUT2D eigenvalue weighted by Gasteiger charge is 2.18. The number of carboxylic acids is 1. The summed E-state index contributed by atoms with van der Waals surface area (Å²) in [5, 5.41) is 15.8. The fourth-order valence-electron chi connectivity index (χ4n) is 2.34. The molecule has 0 unspecified atom stereocenters. The van der Waals surface area contributed by atoms with Crippen molar-refractivity contribution in [2.45, 2.75) is 13.8 Å². The number of hydrogen-bond donors (Lipinski definition) is 1. The second-order valence-corrected chi connectivity index (χ2v) is 5.91. The van der Waals surface area contributed by atoms with Crippen molar-refractivity contribution < 1.29 is 9.90 Å². The van der Waals surface area contributed by atoms with E-state index >= 15 is 0 Å². The van der Waals surface area contributed by atoms with E-state index in [-0.39, 0.29) is 5.56 Å². The predicted octanol–water partition coefficient (Wildman–Crippen LogP) is 3.92. The third kappa shape index (κ3) is 2.60. The van der Waals surface area contributed by atoms with Gasteiger partial charge in [0, 0.05) is 6.20 Å². The van der Waals surface area contributed by atoms with Crippen molar-refractivity contribution in [2.24, 2.45) is 0 Å². The van der Waals surface area contributed by atoms with Gasteiger partial charge in [0.25, 0.3) is 0 Å². The summed E-state index contributed by atoms with van der Waals surface area (Å²) >= 11 is 1.48. The van der Waals surface area contributed by atoms with Gasteiger partial charge < -0.3 is 5.11 Å². The number of aromatic nitrogens is 2. The Morgan fingerprint density at radius 1 is 1.24 bits per heavy atom. The lowest BCUT2D eigenvalue weighted by Crippen LogP contribution is -1.96. The molecule has 3 aromatic rings. The zero-order valence-electron chi connectivity index (χ0n) is 11.7. The molecule has 1 aromatic carbocycles. The van der Waals surface area contributed by atoms with Crippen LogP contribution in [0.2, 0.25) is 0 Å². The van der Waals surface area contributed by atoms with Gasteiger partial charge in [-0.3, -0.25) is 0 Å². The molecule has 0 aliphatic rings. The number of carbonyl (C=O) groups is 1. The average Bonchev–Trinajstić information content (AvgIpc) is 3.06. The molecule has 0 radical (unpaired) electrons. The first-order chi connectivity index (χ1) is 10.0. The van der Waals surface area contributed by atoms with E-state index in [1.807, 2.05) is 43.5 Å². The van der Waals surface area contributed by atoms with Crippen molar-refractivity contribution >= 4 is 17.3 Å². The Bertz CT molecular complexity index is 784. The Balaban J connectivity index is 2.17. The average molecular weight is 298 g/mol. The van der Waals surface area contributed by atoms with E-state index in [0.717, 1.165) is 21.7 Å². The fraction of sp³-hybridized carbons (Fsp3) is 0.125. The third-order valence-corrected chi connectivity index (χ3v) is 4.05. The SMILES string of the molecule is Cc1cc(C)cc(-n2cc(C(=O)O)c(-c3cccs3)n2)c1. The molecule has 0 bridgehead atoms. The molecule has 0 spiro atoms. The van der Waals surface area contributed by atoms with Gasteiger partial charge in [-0.1, -0.05) is 12.1 Å². The van der Waals surface area contributed by atoms with Crippen LogP contribution in [0.15, 0.2) is 41.9 Å². The Hall–Kier alpha value is -2.40. The van der Waals surface area contributed by atoms with Crippen LogP contribution in [0.25, 0.3) is 16.3 Å². The molecular formula is C16H14N2O2S. The van der Waals surface area contributed by atoms with Gasteiger partial charge in [0.1, 0.15) is 11.3 Å². The number of carboxylic acid groups (broad SMARTS) is 1. The molecular weight excluding hydrogens is 284 g/mol. The van der Waals surface area contributed by atoms with Crippen molar-refractivity contribution in [3.05, 3.63) is 58.6 Å². The van der Waals surface area contributed by atoms with Crippen LogP contribution < -0.4 is 0 Å². The summed E-state index contributed by atoms with van der Waals surface area (Å²) in [6, 6.07) is 9.83. The number of rotatable bonds is 3. The molecule has 0 aliphatic heterocycles. The molecule has 0 saturated heterocycles. The van der Waals surface area contributed by atoms with E-state index in [0.29, 0.717) is 5.69 Å². The van der Waals surface area contributed by atoms with Gasteiger partial charge in [0.05, 0.1) is 10.6 Å². The standard InChI is InChI=1S/C16H14N2O2S/c1-10-6-11(2)8-12(7-10)18-9-13(16(19)20)15(17-18)14-4-3-5-21-14/h3-9H,1-2H3,(H,19,20). The molecule has 2 aromatic heterocycles. The maximum Gasteiger partial charge on any atom is 0.339 e. The number of aryl methyl sites for hydroxylation is 2. The Kier molecular flexibility index (Phi) is 3.35. The van der Waals surface area contributed by atoms with E-state index in [1.54, 1.807) is 10.9 Å². The molecule has 1 N–H and O–H groups in total. The Labute approximate surface area is 126 Å². The molecule has 0 saturated carbocycles. The minimum atomic E-state index is -0.964. The topological polar surface area (TPSA) is 55.1 Å². The van der Waals surface area contributed by atoms with E-state index in [1.165, 1.54) is 11.3 Å². The molecule has 5 heteroatoms. The van der Waals surface area contributed by atoms with Crippen LogP contribution in [-0.4, -0.2) is 20.9 Å². The van der Waals surface area contributed by atoms with Gasteiger partial charge in [-0.2, -0.15) is 5.10 Å². The summed E-state index contributed by atoms with van der Waals surface area (Å²) in [6.45, 7) is 4.02.